The van der Waals surface area contributed by atoms with Crippen LogP contribution in [0.15, 0.2) is 27.2 Å². The predicted molar refractivity (Wildman–Crippen MR) is 88.2 cm³/mol. The van der Waals surface area contributed by atoms with Crippen LogP contribution < -0.4 is 5.73 Å². The first-order valence-corrected chi connectivity index (χ1v) is 8.00. The maximum absolute atomic E-state index is 5.98. The number of nitrogens with two attached hydrogens (primary N) is 1. The minimum absolute atomic E-state index is 0.124. The summed E-state index contributed by atoms with van der Waals surface area (Å²) in [6.45, 7) is 4.28. The average Bonchev–Trinajstić information content (AvgIpc) is 2.88. The van der Waals surface area contributed by atoms with Crippen molar-refractivity contribution in [2.75, 3.05) is 6.61 Å². The number of rotatable bonds is 5. The highest BCUT2D eigenvalue weighted by molar-refractivity contribution is 14.1. The molecule has 1 heterocycles. The summed E-state index contributed by atoms with van der Waals surface area (Å²) < 4.78 is 12.7. The minimum atomic E-state index is -0.389. The molecule has 1 unspecified atom stereocenters. The summed E-state index contributed by atoms with van der Waals surface area (Å²) in [4.78, 5) is 4.35. The Bertz CT molecular complexity index is 589. The van der Waals surface area contributed by atoms with Gasteiger partial charge >= 0.3 is 0 Å². The van der Waals surface area contributed by atoms with Crippen LogP contribution in [0.4, 0.5) is 0 Å². The molecular formula is C13H15BrIN3O2. The van der Waals surface area contributed by atoms with Crippen LogP contribution in [-0.4, -0.2) is 22.9 Å². The Morgan fingerprint density at radius 1 is 1.45 bits per heavy atom. The first kappa shape index (κ1) is 15.9. The molecule has 1 atom stereocenters. The standard InChI is InChI=1S/C13H15BrIN3O2/c1-7(2)19-6-11(16)12-17-13(20-18-12)9-5-8(14)3-4-10(9)15/h3-5,7,11H,6,16H2,1-2H3. The van der Waals surface area contributed by atoms with E-state index in [-0.39, 0.29) is 12.1 Å². The van der Waals surface area contributed by atoms with Gasteiger partial charge in [-0.05, 0) is 54.6 Å². The summed E-state index contributed by atoms with van der Waals surface area (Å²) >= 11 is 5.66. The smallest absolute Gasteiger partial charge is 0.259 e. The van der Waals surface area contributed by atoms with Crippen LogP contribution in [0.25, 0.3) is 11.5 Å². The van der Waals surface area contributed by atoms with Crippen LogP contribution in [0.1, 0.15) is 25.7 Å². The second-order valence-electron chi connectivity index (χ2n) is 4.57. The molecule has 0 saturated carbocycles. The van der Waals surface area contributed by atoms with Crippen molar-refractivity contribution < 1.29 is 9.26 Å². The first-order chi connectivity index (χ1) is 9.47. The van der Waals surface area contributed by atoms with Gasteiger partial charge in [0, 0.05) is 8.04 Å². The SMILES string of the molecule is CC(C)OCC(N)c1noc(-c2cc(Br)ccc2I)n1. The molecule has 0 aliphatic heterocycles. The lowest BCUT2D eigenvalue weighted by molar-refractivity contribution is 0.0665. The third-order valence-corrected chi connectivity index (χ3v) is 3.98. The van der Waals surface area contributed by atoms with Crippen molar-refractivity contribution in [1.82, 2.24) is 10.1 Å². The van der Waals surface area contributed by atoms with Crippen molar-refractivity contribution in [3.8, 4) is 11.5 Å². The summed E-state index contributed by atoms with van der Waals surface area (Å²) in [7, 11) is 0. The van der Waals surface area contributed by atoms with Gasteiger partial charge in [0.2, 0.25) is 0 Å². The van der Waals surface area contributed by atoms with E-state index < -0.39 is 0 Å². The van der Waals surface area contributed by atoms with E-state index in [1.807, 2.05) is 32.0 Å². The van der Waals surface area contributed by atoms with Gasteiger partial charge in [-0.2, -0.15) is 4.98 Å². The average molecular weight is 452 g/mol. The monoisotopic (exact) mass is 451 g/mol. The molecule has 0 spiro atoms. The van der Waals surface area contributed by atoms with Crippen LogP contribution in [0.2, 0.25) is 0 Å². The Labute approximate surface area is 139 Å². The van der Waals surface area contributed by atoms with Crippen molar-refractivity contribution in [2.24, 2.45) is 5.73 Å². The Morgan fingerprint density at radius 2 is 2.20 bits per heavy atom. The number of hydrogen-bond donors (Lipinski definition) is 1. The zero-order chi connectivity index (χ0) is 14.7. The second kappa shape index (κ2) is 6.97. The molecule has 0 saturated heterocycles. The zero-order valence-electron chi connectivity index (χ0n) is 11.1. The number of benzene rings is 1. The van der Waals surface area contributed by atoms with Gasteiger partial charge in [-0.3, -0.25) is 0 Å². The zero-order valence-corrected chi connectivity index (χ0v) is 14.9. The first-order valence-electron chi connectivity index (χ1n) is 6.13. The van der Waals surface area contributed by atoms with Gasteiger partial charge in [-0.25, -0.2) is 0 Å². The van der Waals surface area contributed by atoms with Crippen molar-refractivity contribution in [1.29, 1.82) is 0 Å². The molecule has 0 aliphatic carbocycles. The van der Waals surface area contributed by atoms with Gasteiger partial charge in [0.05, 0.1) is 24.3 Å². The number of hydrogen-bond acceptors (Lipinski definition) is 5. The molecule has 2 aromatic rings. The number of nitrogens with zero attached hydrogens (tertiary/aromatic N) is 2. The van der Waals surface area contributed by atoms with E-state index >= 15 is 0 Å². The Hall–Kier alpha value is -0.510. The fourth-order valence-electron chi connectivity index (χ4n) is 1.53. The van der Waals surface area contributed by atoms with E-state index in [0.29, 0.717) is 18.3 Å². The third-order valence-electron chi connectivity index (χ3n) is 2.54. The fourth-order valence-corrected chi connectivity index (χ4v) is 2.45. The molecule has 108 valence electrons. The van der Waals surface area contributed by atoms with Crippen molar-refractivity contribution >= 4 is 38.5 Å². The minimum Gasteiger partial charge on any atom is -0.377 e. The second-order valence-corrected chi connectivity index (χ2v) is 6.65. The molecule has 0 aliphatic rings. The summed E-state index contributed by atoms with van der Waals surface area (Å²) in [6.07, 6.45) is 0.124. The molecule has 0 bridgehead atoms. The van der Waals surface area contributed by atoms with Crippen LogP contribution in [0.5, 0.6) is 0 Å². The predicted octanol–water partition coefficient (Wildman–Crippen LogP) is 3.53. The van der Waals surface area contributed by atoms with Gasteiger partial charge in [0.25, 0.3) is 5.89 Å². The number of aromatic nitrogens is 2. The summed E-state index contributed by atoms with van der Waals surface area (Å²) in [6, 6.07) is 5.49. The largest absolute Gasteiger partial charge is 0.377 e. The van der Waals surface area contributed by atoms with E-state index in [4.69, 9.17) is 15.0 Å². The topological polar surface area (TPSA) is 74.2 Å². The highest BCUT2D eigenvalue weighted by Crippen LogP contribution is 2.27. The maximum atomic E-state index is 5.98. The van der Waals surface area contributed by atoms with Gasteiger partial charge in [-0.1, -0.05) is 21.1 Å². The number of ether oxygens (including phenoxy) is 1. The highest BCUT2D eigenvalue weighted by atomic mass is 127. The molecule has 5 nitrogen and oxygen atoms in total. The molecule has 1 aromatic heterocycles. The lowest BCUT2D eigenvalue weighted by Gasteiger charge is -2.10. The molecular weight excluding hydrogens is 437 g/mol. The summed E-state index contributed by atoms with van der Waals surface area (Å²) in [5, 5.41) is 3.93. The van der Waals surface area contributed by atoms with Gasteiger partial charge < -0.3 is 15.0 Å². The van der Waals surface area contributed by atoms with E-state index in [1.54, 1.807) is 0 Å². The van der Waals surface area contributed by atoms with E-state index in [0.717, 1.165) is 13.6 Å². The highest BCUT2D eigenvalue weighted by Gasteiger charge is 2.17. The van der Waals surface area contributed by atoms with Crippen molar-refractivity contribution in [3.63, 3.8) is 0 Å². The molecule has 1 aromatic carbocycles. The summed E-state index contributed by atoms with van der Waals surface area (Å²) in [5.74, 6) is 0.919. The maximum Gasteiger partial charge on any atom is 0.259 e. The van der Waals surface area contributed by atoms with Crippen molar-refractivity contribution in [3.05, 3.63) is 32.1 Å². The quantitative estimate of drug-likeness (QED) is 0.704. The Kier molecular flexibility index (Phi) is 5.53. The van der Waals surface area contributed by atoms with Crippen LogP contribution >= 0.6 is 38.5 Å². The van der Waals surface area contributed by atoms with Gasteiger partial charge in [0.15, 0.2) is 5.82 Å². The molecule has 20 heavy (non-hydrogen) atoms. The van der Waals surface area contributed by atoms with Gasteiger partial charge in [-0.15, -0.1) is 0 Å². The van der Waals surface area contributed by atoms with E-state index in [9.17, 15) is 0 Å². The molecule has 0 fully saturated rings. The normalized spacial score (nSPS) is 12.9. The number of halogens is 2. The Balaban J connectivity index is 2.18. The van der Waals surface area contributed by atoms with Crippen molar-refractivity contribution in [2.45, 2.75) is 26.0 Å². The van der Waals surface area contributed by atoms with Gasteiger partial charge in [0.1, 0.15) is 0 Å². The molecule has 0 radical (unpaired) electrons. The van der Waals surface area contributed by atoms with Crippen LogP contribution in [0.3, 0.4) is 0 Å². The fraction of sp³-hybridized carbons (Fsp3) is 0.385. The molecule has 2 rings (SSSR count). The molecule has 2 N–H and O–H groups in total. The molecule has 0 amide bonds. The molecule has 7 heteroatoms. The Morgan fingerprint density at radius 3 is 2.90 bits per heavy atom. The van der Waals surface area contributed by atoms with Crippen LogP contribution in [-0.2, 0) is 4.74 Å². The van der Waals surface area contributed by atoms with E-state index in [1.165, 1.54) is 0 Å². The lowest BCUT2D eigenvalue weighted by atomic mass is 10.2. The lowest BCUT2D eigenvalue weighted by Crippen LogP contribution is -2.20. The summed E-state index contributed by atoms with van der Waals surface area (Å²) in [5.41, 5.74) is 6.87. The van der Waals surface area contributed by atoms with Crippen LogP contribution in [0, 0.1) is 3.57 Å². The third kappa shape index (κ3) is 4.00. The van der Waals surface area contributed by atoms with E-state index in [2.05, 4.69) is 48.7 Å².